The van der Waals surface area contributed by atoms with Gasteiger partial charge in [-0.2, -0.15) is 0 Å². The van der Waals surface area contributed by atoms with Crippen molar-refractivity contribution in [2.45, 2.75) is 32.0 Å². The van der Waals surface area contributed by atoms with Crippen LogP contribution in [0.1, 0.15) is 26.2 Å². The van der Waals surface area contributed by atoms with E-state index >= 15 is 0 Å². The average Bonchev–Trinajstić information content (AvgIpc) is 1.59. The molecule has 0 aromatic rings. The summed E-state index contributed by atoms with van der Waals surface area (Å²) in [6.07, 6.45) is 2.79. The summed E-state index contributed by atoms with van der Waals surface area (Å²) in [7, 11) is 0. The lowest BCUT2D eigenvalue weighted by Crippen LogP contribution is -2.57. The summed E-state index contributed by atoms with van der Waals surface area (Å²) in [6.45, 7) is 2.08. The molecule has 0 amide bonds. The van der Waals surface area contributed by atoms with Gasteiger partial charge in [0.2, 0.25) is 0 Å². The number of rotatable bonds is 3. The molecular formula is C5H15N3. The van der Waals surface area contributed by atoms with Crippen LogP contribution in [0.4, 0.5) is 0 Å². The van der Waals surface area contributed by atoms with Gasteiger partial charge in [0.05, 0.1) is 0 Å². The molecule has 0 aliphatic rings. The van der Waals surface area contributed by atoms with Gasteiger partial charge >= 0.3 is 0 Å². The van der Waals surface area contributed by atoms with Crippen molar-refractivity contribution in [2.24, 2.45) is 17.2 Å². The fourth-order valence-electron chi connectivity index (χ4n) is 0.483. The normalized spacial score (nSPS) is 12.0. The Bertz CT molecular complexity index is 55.2. The van der Waals surface area contributed by atoms with E-state index in [-0.39, 0.29) is 0 Å². The van der Waals surface area contributed by atoms with E-state index < -0.39 is 5.79 Å². The molecule has 8 heavy (non-hydrogen) atoms. The highest BCUT2D eigenvalue weighted by atomic mass is 15.1. The van der Waals surface area contributed by atoms with Gasteiger partial charge in [0.1, 0.15) is 5.79 Å². The van der Waals surface area contributed by atoms with Crippen LogP contribution in [0.15, 0.2) is 0 Å². The van der Waals surface area contributed by atoms with Crippen molar-refractivity contribution < 1.29 is 0 Å². The van der Waals surface area contributed by atoms with Crippen LogP contribution in [-0.2, 0) is 0 Å². The molecule has 0 bridgehead atoms. The van der Waals surface area contributed by atoms with Crippen molar-refractivity contribution in [3.63, 3.8) is 0 Å². The van der Waals surface area contributed by atoms with Crippen molar-refractivity contribution in [3.8, 4) is 0 Å². The molecule has 0 aromatic carbocycles. The van der Waals surface area contributed by atoms with Crippen LogP contribution in [0.5, 0.6) is 0 Å². The van der Waals surface area contributed by atoms with Gasteiger partial charge in [-0.25, -0.2) is 0 Å². The van der Waals surface area contributed by atoms with Crippen molar-refractivity contribution >= 4 is 0 Å². The average molecular weight is 117 g/mol. The Kier molecular flexibility index (Phi) is 2.97. The minimum Gasteiger partial charge on any atom is -0.301 e. The fourth-order valence-corrected chi connectivity index (χ4v) is 0.483. The first-order valence-electron chi connectivity index (χ1n) is 2.93. The minimum atomic E-state index is -0.948. The summed E-state index contributed by atoms with van der Waals surface area (Å²) in [5, 5.41) is 0. The highest BCUT2D eigenvalue weighted by Crippen LogP contribution is 1.97. The zero-order valence-electron chi connectivity index (χ0n) is 5.35. The number of nitrogens with two attached hydrogens (primary N) is 3. The van der Waals surface area contributed by atoms with E-state index in [1.54, 1.807) is 0 Å². The van der Waals surface area contributed by atoms with E-state index in [4.69, 9.17) is 17.2 Å². The van der Waals surface area contributed by atoms with E-state index in [2.05, 4.69) is 6.92 Å². The summed E-state index contributed by atoms with van der Waals surface area (Å²) in [4.78, 5) is 0. The Balaban J connectivity index is 3.11. The molecule has 0 rings (SSSR count). The van der Waals surface area contributed by atoms with E-state index in [0.29, 0.717) is 6.42 Å². The van der Waals surface area contributed by atoms with Gasteiger partial charge in [-0.1, -0.05) is 13.3 Å². The predicted octanol–water partition coefficient (Wildman–Crippen LogP) is -0.293. The zero-order chi connectivity index (χ0) is 6.62. The molecule has 0 aromatic heterocycles. The van der Waals surface area contributed by atoms with Crippen LogP contribution >= 0.6 is 0 Å². The summed E-state index contributed by atoms with van der Waals surface area (Å²) in [6, 6.07) is 0. The fraction of sp³-hybridized carbons (Fsp3) is 1.00. The largest absolute Gasteiger partial charge is 0.301 e. The van der Waals surface area contributed by atoms with Gasteiger partial charge in [-0.3, -0.25) is 0 Å². The van der Waals surface area contributed by atoms with Crippen molar-refractivity contribution in [3.05, 3.63) is 0 Å². The molecule has 3 nitrogen and oxygen atoms in total. The molecule has 3 heteroatoms. The zero-order valence-corrected chi connectivity index (χ0v) is 5.35. The number of hydrogen-bond donors (Lipinski definition) is 3. The second-order valence-corrected chi connectivity index (χ2v) is 2.22. The molecule has 6 N–H and O–H groups in total. The maximum atomic E-state index is 5.28. The first kappa shape index (κ1) is 7.88. The molecule has 50 valence electrons. The van der Waals surface area contributed by atoms with Crippen LogP contribution in [0, 0.1) is 0 Å². The number of hydrogen-bond acceptors (Lipinski definition) is 3. The van der Waals surface area contributed by atoms with E-state index in [9.17, 15) is 0 Å². The lowest BCUT2D eigenvalue weighted by Gasteiger charge is -2.16. The topological polar surface area (TPSA) is 78.1 Å². The van der Waals surface area contributed by atoms with Crippen LogP contribution < -0.4 is 17.2 Å². The Hall–Kier alpha value is -0.120. The van der Waals surface area contributed by atoms with Crippen LogP contribution in [-0.4, -0.2) is 5.79 Å². The summed E-state index contributed by atoms with van der Waals surface area (Å²) >= 11 is 0. The first-order valence-corrected chi connectivity index (χ1v) is 2.93. The van der Waals surface area contributed by atoms with Crippen molar-refractivity contribution in [2.75, 3.05) is 0 Å². The predicted molar refractivity (Wildman–Crippen MR) is 34.8 cm³/mol. The maximum absolute atomic E-state index is 5.28. The molecule has 0 aliphatic carbocycles. The first-order chi connectivity index (χ1) is 3.56. The monoisotopic (exact) mass is 117 g/mol. The van der Waals surface area contributed by atoms with Crippen molar-refractivity contribution in [1.82, 2.24) is 0 Å². The second kappa shape index (κ2) is 3.02. The third-order valence-corrected chi connectivity index (χ3v) is 0.963. The third-order valence-electron chi connectivity index (χ3n) is 0.963. The molecular weight excluding hydrogens is 102 g/mol. The summed E-state index contributed by atoms with van der Waals surface area (Å²) in [5.41, 5.74) is 15.8. The molecule has 0 saturated carbocycles. The lowest BCUT2D eigenvalue weighted by atomic mass is 10.2. The highest BCUT2D eigenvalue weighted by Gasteiger charge is 2.08. The van der Waals surface area contributed by atoms with E-state index in [0.717, 1.165) is 12.8 Å². The number of unbranched alkanes of at least 4 members (excludes halogenated alkanes) is 1. The Labute approximate surface area is 50.2 Å². The molecule has 0 fully saturated rings. The third kappa shape index (κ3) is 5.88. The van der Waals surface area contributed by atoms with E-state index in [1.807, 2.05) is 0 Å². The molecule has 0 spiro atoms. The van der Waals surface area contributed by atoms with Crippen LogP contribution in [0.3, 0.4) is 0 Å². The molecule has 0 unspecified atom stereocenters. The molecule has 0 aliphatic heterocycles. The maximum Gasteiger partial charge on any atom is 0.115 e. The van der Waals surface area contributed by atoms with Gasteiger partial charge in [-0.15, -0.1) is 0 Å². The second-order valence-electron chi connectivity index (χ2n) is 2.22. The Morgan fingerprint density at radius 3 is 1.88 bits per heavy atom. The molecule has 0 radical (unpaired) electrons. The van der Waals surface area contributed by atoms with Crippen LogP contribution in [0.2, 0.25) is 0 Å². The van der Waals surface area contributed by atoms with Gasteiger partial charge in [0, 0.05) is 0 Å². The summed E-state index contributed by atoms with van der Waals surface area (Å²) in [5.74, 6) is -0.948. The van der Waals surface area contributed by atoms with E-state index in [1.165, 1.54) is 0 Å². The Morgan fingerprint density at radius 1 is 1.25 bits per heavy atom. The SMILES string of the molecule is CCCCC(N)(N)N. The minimum absolute atomic E-state index is 0.698. The molecule has 0 heterocycles. The standard InChI is InChI=1S/C5H15N3/c1-2-3-4-5(6,7)8/h2-4,6-8H2,1H3. The quantitative estimate of drug-likeness (QED) is 0.444. The van der Waals surface area contributed by atoms with Gasteiger partial charge < -0.3 is 17.2 Å². The van der Waals surface area contributed by atoms with Gasteiger partial charge in [0.25, 0.3) is 0 Å². The highest BCUT2D eigenvalue weighted by molar-refractivity contribution is 4.65. The smallest absolute Gasteiger partial charge is 0.115 e. The lowest BCUT2D eigenvalue weighted by molar-refractivity contribution is 0.409. The molecule has 0 atom stereocenters. The summed E-state index contributed by atoms with van der Waals surface area (Å²) < 4.78 is 0. The van der Waals surface area contributed by atoms with Gasteiger partial charge in [-0.05, 0) is 12.8 Å². The molecule has 0 saturated heterocycles. The van der Waals surface area contributed by atoms with Crippen molar-refractivity contribution in [1.29, 1.82) is 0 Å². The Morgan fingerprint density at radius 2 is 1.75 bits per heavy atom. The van der Waals surface area contributed by atoms with Crippen LogP contribution in [0.25, 0.3) is 0 Å². The van der Waals surface area contributed by atoms with Gasteiger partial charge in [0.15, 0.2) is 0 Å².